The molecule has 5 rings (SSSR count). The molecule has 0 bridgehead atoms. The smallest absolute Gasteiger partial charge is 0.434 e. The molecule has 0 saturated carbocycles. The van der Waals surface area contributed by atoms with Crippen LogP contribution in [0, 0.1) is 5.82 Å². The highest BCUT2D eigenvalue weighted by Gasteiger charge is 2.45. The van der Waals surface area contributed by atoms with Gasteiger partial charge in [0.2, 0.25) is 0 Å². The van der Waals surface area contributed by atoms with Crippen LogP contribution >= 0.6 is 54.8 Å². The predicted molar refractivity (Wildman–Crippen MR) is 165 cm³/mol. The molecule has 0 spiro atoms. The summed E-state index contributed by atoms with van der Waals surface area (Å²) in [4.78, 5) is 30.3. The number of rotatable bonds is 7. The topological polar surface area (TPSA) is 69.9 Å². The number of ether oxygens (including phenoxy) is 2. The third-order valence-corrected chi connectivity index (χ3v) is 8.81. The minimum atomic E-state index is -5.01. The number of alkyl halides is 3. The van der Waals surface area contributed by atoms with Gasteiger partial charge in [0.05, 0.1) is 31.7 Å². The molecule has 2 heterocycles. The number of hydrogen-bond acceptors (Lipinski definition) is 6. The third-order valence-electron chi connectivity index (χ3n) is 6.40. The van der Waals surface area contributed by atoms with Gasteiger partial charge in [-0.15, -0.1) is 0 Å². The molecule has 0 aliphatic carbocycles. The van der Waals surface area contributed by atoms with Crippen LogP contribution in [0.3, 0.4) is 0 Å². The first-order chi connectivity index (χ1) is 20.9. The van der Waals surface area contributed by atoms with Gasteiger partial charge in [0, 0.05) is 5.02 Å². The highest BCUT2D eigenvalue weighted by Crippen LogP contribution is 2.39. The van der Waals surface area contributed by atoms with Crippen LogP contribution in [0.25, 0.3) is 6.08 Å². The maximum atomic E-state index is 14.3. The first kappa shape index (κ1) is 32.1. The lowest BCUT2D eigenvalue weighted by Crippen LogP contribution is -2.41. The summed E-state index contributed by atoms with van der Waals surface area (Å²) in [5.41, 5.74) is -1.40. The largest absolute Gasteiger partial charge is 0.487 e. The average Bonchev–Trinajstić information content (AvgIpc) is 3.27. The Morgan fingerprint density at radius 2 is 1.73 bits per heavy atom. The number of fused-ring (bicyclic) bond motifs is 1. The second-order valence-corrected chi connectivity index (χ2v) is 12.5. The number of halogens is 7. The van der Waals surface area contributed by atoms with Crippen molar-refractivity contribution in [2.75, 3.05) is 6.61 Å². The first-order valence-corrected chi connectivity index (χ1v) is 15.6. The quantitative estimate of drug-likeness (QED) is 0.147. The van der Waals surface area contributed by atoms with E-state index in [9.17, 15) is 27.2 Å². The third kappa shape index (κ3) is 6.70. The van der Waals surface area contributed by atoms with Gasteiger partial charge < -0.3 is 9.47 Å². The van der Waals surface area contributed by atoms with E-state index < -0.39 is 35.0 Å². The van der Waals surface area contributed by atoms with Crippen LogP contribution < -0.4 is 19.6 Å². The van der Waals surface area contributed by atoms with Crippen molar-refractivity contribution < 1.29 is 31.8 Å². The lowest BCUT2D eigenvalue weighted by Gasteiger charge is -2.26. The molecule has 0 fully saturated rings. The van der Waals surface area contributed by atoms with Crippen molar-refractivity contribution in [1.82, 2.24) is 4.57 Å². The highest BCUT2D eigenvalue weighted by molar-refractivity contribution is 9.11. The monoisotopic (exact) mass is 772 g/mol. The number of carbonyl (C=O) groups is 1. The second-order valence-electron chi connectivity index (χ2n) is 9.34. The van der Waals surface area contributed by atoms with Gasteiger partial charge >= 0.3 is 12.1 Å². The number of aromatic nitrogens is 1. The van der Waals surface area contributed by atoms with E-state index in [1.165, 1.54) is 49.4 Å². The molecule has 0 radical (unpaired) electrons. The van der Waals surface area contributed by atoms with Gasteiger partial charge in [-0.2, -0.15) is 13.2 Å². The Kier molecular flexibility index (Phi) is 9.49. The molecule has 1 aliphatic rings. The van der Waals surface area contributed by atoms with Gasteiger partial charge in [0.25, 0.3) is 5.56 Å². The van der Waals surface area contributed by atoms with Crippen molar-refractivity contribution in [2.24, 2.45) is 4.99 Å². The van der Waals surface area contributed by atoms with E-state index in [0.717, 1.165) is 21.5 Å². The summed E-state index contributed by atoms with van der Waals surface area (Å²) in [5, 5.41) is 0.320. The van der Waals surface area contributed by atoms with Crippen LogP contribution in [-0.4, -0.2) is 23.3 Å². The van der Waals surface area contributed by atoms with Crippen LogP contribution in [0.15, 0.2) is 90.7 Å². The summed E-state index contributed by atoms with van der Waals surface area (Å²) in [6.45, 7) is 1.44. The Bertz CT molecular complexity index is 1930. The van der Waals surface area contributed by atoms with E-state index in [4.69, 9.17) is 21.1 Å². The van der Waals surface area contributed by atoms with Crippen molar-refractivity contribution >= 4 is 66.8 Å². The highest BCUT2D eigenvalue weighted by atomic mass is 79.9. The van der Waals surface area contributed by atoms with Crippen LogP contribution in [-0.2, 0) is 16.1 Å². The van der Waals surface area contributed by atoms with Gasteiger partial charge in [-0.3, -0.25) is 9.36 Å². The molecule has 0 N–H and O–H groups in total. The summed E-state index contributed by atoms with van der Waals surface area (Å²) in [6, 6.07) is 13.5. The van der Waals surface area contributed by atoms with Gasteiger partial charge in [-0.1, -0.05) is 47.2 Å². The molecular formula is C30H19Br2ClF4N2O4S. The fraction of sp³-hybridized carbons (Fsp3) is 0.167. The Labute approximate surface area is 273 Å². The number of thiazole rings is 1. The molecule has 228 valence electrons. The minimum Gasteiger partial charge on any atom is -0.487 e. The number of esters is 1. The van der Waals surface area contributed by atoms with Crippen LogP contribution in [0.1, 0.15) is 29.7 Å². The van der Waals surface area contributed by atoms with Crippen molar-refractivity contribution in [3.05, 3.63) is 128 Å². The predicted octanol–water partition coefficient (Wildman–Crippen LogP) is 7.24. The van der Waals surface area contributed by atoms with Crippen LogP contribution in [0.2, 0.25) is 5.02 Å². The molecule has 0 unspecified atom stereocenters. The number of allylic oxidation sites excluding steroid dienone is 1. The summed E-state index contributed by atoms with van der Waals surface area (Å²) >= 11 is 13.7. The number of hydrogen-bond donors (Lipinski definition) is 0. The number of benzene rings is 3. The van der Waals surface area contributed by atoms with Crippen LogP contribution in [0.4, 0.5) is 17.6 Å². The molecular weight excluding hydrogens is 756 g/mol. The first-order valence-electron chi connectivity index (χ1n) is 12.8. The maximum Gasteiger partial charge on any atom is 0.434 e. The molecule has 44 heavy (non-hydrogen) atoms. The van der Waals surface area contributed by atoms with Crippen LogP contribution in [0.5, 0.6) is 5.75 Å². The molecule has 1 atom stereocenters. The van der Waals surface area contributed by atoms with Crippen molar-refractivity contribution in [3.63, 3.8) is 0 Å². The standard InChI is InChI=1S/C30H19Br2ClF4N2O4S/c1-2-42-28(41)23-24(17-5-7-18(33)8-6-17)39-27(40)22(44-29(39)38-26(23)30(35,36)37)13-16-11-20(31)25(21(32)12-16)43-14-15-3-9-19(34)10-4-15/h3-13,24H,2,14H2,1H3/b22-13-/t24-/m0/s1. The Morgan fingerprint density at radius 3 is 2.32 bits per heavy atom. The molecule has 1 aromatic heterocycles. The Morgan fingerprint density at radius 1 is 1.09 bits per heavy atom. The van der Waals surface area contributed by atoms with E-state index in [-0.39, 0.29) is 33.9 Å². The lowest BCUT2D eigenvalue weighted by molar-refractivity contribution is -0.140. The van der Waals surface area contributed by atoms with E-state index in [0.29, 0.717) is 25.3 Å². The van der Waals surface area contributed by atoms with Gasteiger partial charge in [0.1, 0.15) is 18.2 Å². The van der Waals surface area contributed by atoms with Crippen molar-refractivity contribution in [2.45, 2.75) is 25.7 Å². The van der Waals surface area contributed by atoms with E-state index >= 15 is 0 Å². The Hall–Kier alpha value is -3.26. The van der Waals surface area contributed by atoms with Crippen molar-refractivity contribution in [1.29, 1.82) is 0 Å². The fourth-order valence-corrected chi connectivity index (χ4v) is 7.07. The summed E-state index contributed by atoms with van der Waals surface area (Å²) in [7, 11) is 0. The minimum absolute atomic E-state index is 0.0770. The van der Waals surface area contributed by atoms with E-state index in [1.54, 1.807) is 24.3 Å². The summed E-state index contributed by atoms with van der Waals surface area (Å²) in [5.74, 6) is -1.15. The SMILES string of the molecule is CCOC(=O)C1=C(C(F)(F)F)N=c2s/c(=C\c3cc(Br)c(OCc4ccc(F)cc4)c(Br)c3)c(=O)n2[C@H]1c1ccc(Cl)cc1. The molecule has 0 amide bonds. The number of nitrogens with zero attached hydrogens (tertiary/aromatic N) is 2. The maximum absolute atomic E-state index is 14.3. The second kappa shape index (κ2) is 13.0. The van der Waals surface area contributed by atoms with Crippen molar-refractivity contribution in [3.8, 4) is 5.75 Å². The van der Waals surface area contributed by atoms with Gasteiger partial charge in [-0.25, -0.2) is 14.2 Å². The molecule has 1 aliphatic heterocycles. The van der Waals surface area contributed by atoms with E-state index in [1.807, 2.05) is 0 Å². The van der Waals surface area contributed by atoms with Gasteiger partial charge in [-0.05, 0) is 97.9 Å². The fourth-order valence-electron chi connectivity index (χ4n) is 4.49. The zero-order valence-electron chi connectivity index (χ0n) is 22.4. The normalized spacial score (nSPS) is 15.2. The molecule has 3 aromatic carbocycles. The molecule has 14 heteroatoms. The average molecular weight is 775 g/mol. The Balaban J connectivity index is 1.61. The summed E-state index contributed by atoms with van der Waals surface area (Å²) < 4.78 is 69.2. The molecule has 4 aromatic rings. The van der Waals surface area contributed by atoms with E-state index in [2.05, 4.69) is 36.9 Å². The summed E-state index contributed by atoms with van der Waals surface area (Å²) in [6.07, 6.45) is -3.51. The zero-order valence-corrected chi connectivity index (χ0v) is 27.2. The molecule has 0 saturated heterocycles. The lowest BCUT2D eigenvalue weighted by atomic mass is 9.95. The van der Waals surface area contributed by atoms with Gasteiger partial charge in [0.15, 0.2) is 10.5 Å². The molecule has 6 nitrogen and oxygen atoms in total. The zero-order chi connectivity index (χ0) is 31.8. The number of carbonyl (C=O) groups excluding carboxylic acids is 1.